The summed E-state index contributed by atoms with van der Waals surface area (Å²) in [5.41, 5.74) is 8.54. The topological polar surface area (TPSA) is 71.6 Å². The molecule has 0 bridgehead atoms. The van der Waals surface area contributed by atoms with Gasteiger partial charge in [-0.05, 0) is 30.5 Å². The number of hydrogen-bond donors (Lipinski definition) is 1. The third-order valence-electron chi connectivity index (χ3n) is 3.16. The minimum absolute atomic E-state index is 0.0807. The van der Waals surface area contributed by atoms with Gasteiger partial charge in [-0.25, -0.2) is 4.99 Å². The highest BCUT2D eigenvalue weighted by atomic mass is 16.2. The molecule has 0 saturated carbocycles. The van der Waals surface area contributed by atoms with E-state index in [1.54, 1.807) is 7.05 Å². The number of hydrogen-bond acceptors (Lipinski definition) is 4. The summed E-state index contributed by atoms with van der Waals surface area (Å²) >= 11 is 0. The fourth-order valence-corrected chi connectivity index (χ4v) is 1.98. The molecule has 0 saturated heterocycles. The maximum absolute atomic E-state index is 12.0. The van der Waals surface area contributed by atoms with Gasteiger partial charge in [-0.2, -0.15) is 0 Å². The molecule has 5 heteroatoms. The van der Waals surface area contributed by atoms with Crippen LogP contribution in [-0.4, -0.2) is 28.8 Å². The summed E-state index contributed by atoms with van der Waals surface area (Å²) < 4.78 is 0. The Morgan fingerprint density at radius 3 is 2.22 bits per heavy atom. The number of aliphatic imine (C=N–C) groups is 1. The van der Waals surface area contributed by atoms with Crippen LogP contribution in [0.3, 0.4) is 0 Å². The van der Waals surface area contributed by atoms with E-state index in [0.29, 0.717) is 0 Å². The minimum atomic E-state index is -0.506. The van der Waals surface area contributed by atoms with Crippen molar-refractivity contribution in [2.75, 3.05) is 7.05 Å². The van der Waals surface area contributed by atoms with Crippen LogP contribution in [0.1, 0.15) is 36.8 Å². The van der Waals surface area contributed by atoms with E-state index in [1.807, 2.05) is 26.0 Å². The molecule has 1 amide bonds. The summed E-state index contributed by atoms with van der Waals surface area (Å²) in [7, 11) is 1.64. The number of amides is 1. The van der Waals surface area contributed by atoms with Crippen molar-refractivity contribution < 1.29 is 4.79 Å². The second-order valence-corrected chi connectivity index (χ2v) is 4.38. The standard InChI is InChI=1S/C13H18N4O/c1-4-9-6-8(7-10(5-2)15-9)11-12(18)17(3)13(14)16-11/h6-7,11H,4-5H2,1-3H3,(H2,14,16). The first kappa shape index (κ1) is 12.5. The van der Waals surface area contributed by atoms with Crippen LogP contribution >= 0.6 is 0 Å². The largest absolute Gasteiger partial charge is 0.369 e. The van der Waals surface area contributed by atoms with Gasteiger partial charge >= 0.3 is 0 Å². The Morgan fingerprint density at radius 1 is 1.28 bits per heavy atom. The van der Waals surface area contributed by atoms with Crippen molar-refractivity contribution in [2.45, 2.75) is 32.7 Å². The number of nitrogens with zero attached hydrogens (tertiary/aromatic N) is 3. The molecule has 0 fully saturated rings. The second kappa shape index (κ2) is 4.76. The van der Waals surface area contributed by atoms with Gasteiger partial charge in [0.1, 0.15) is 0 Å². The van der Waals surface area contributed by atoms with Gasteiger partial charge in [0.05, 0.1) is 0 Å². The lowest BCUT2D eigenvalue weighted by Gasteiger charge is -2.12. The number of likely N-dealkylation sites (N-methyl/N-ethyl adjacent to an activating group) is 1. The molecule has 96 valence electrons. The number of aromatic nitrogens is 1. The third-order valence-corrected chi connectivity index (χ3v) is 3.16. The van der Waals surface area contributed by atoms with Gasteiger partial charge in [0.25, 0.3) is 5.91 Å². The Bertz CT molecular complexity index is 487. The highest BCUT2D eigenvalue weighted by Crippen LogP contribution is 2.25. The molecule has 2 rings (SSSR count). The van der Waals surface area contributed by atoms with Crippen LogP contribution in [0.2, 0.25) is 0 Å². The quantitative estimate of drug-likeness (QED) is 0.866. The van der Waals surface area contributed by atoms with Crippen LogP contribution in [0.25, 0.3) is 0 Å². The van der Waals surface area contributed by atoms with E-state index in [2.05, 4.69) is 9.98 Å². The molecule has 0 aliphatic carbocycles. The summed E-state index contributed by atoms with van der Waals surface area (Å²) in [5.74, 6) is 0.195. The van der Waals surface area contributed by atoms with Crippen molar-refractivity contribution in [3.63, 3.8) is 0 Å². The molecule has 1 atom stereocenters. The number of carbonyl (C=O) groups is 1. The zero-order chi connectivity index (χ0) is 13.3. The molecule has 1 aliphatic heterocycles. The maximum atomic E-state index is 12.0. The molecule has 2 N–H and O–H groups in total. The van der Waals surface area contributed by atoms with Crippen molar-refractivity contribution in [1.82, 2.24) is 9.88 Å². The highest BCUT2D eigenvalue weighted by Gasteiger charge is 2.32. The fourth-order valence-electron chi connectivity index (χ4n) is 1.98. The lowest BCUT2D eigenvalue weighted by atomic mass is 10.0. The van der Waals surface area contributed by atoms with Crippen LogP contribution in [0, 0.1) is 0 Å². The van der Waals surface area contributed by atoms with Crippen molar-refractivity contribution in [3.05, 3.63) is 29.1 Å². The summed E-state index contributed by atoms with van der Waals surface area (Å²) in [6.45, 7) is 4.09. The van der Waals surface area contributed by atoms with Gasteiger partial charge in [-0.1, -0.05) is 13.8 Å². The van der Waals surface area contributed by atoms with Gasteiger partial charge in [-0.3, -0.25) is 14.7 Å². The third kappa shape index (κ3) is 2.08. The predicted octanol–water partition coefficient (Wildman–Crippen LogP) is 1.03. The lowest BCUT2D eigenvalue weighted by Crippen LogP contribution is -2.34. The Morgan fingerprint density at radius 2 is 1.83 bits per heavy atom. The van der Waals surface area contributed by atoms with Crippen LogP contribution < -0.4 is 5.73 Å². The zero-order valence-electron chi connectivity index (χ0n) is 11.0. The Kier molecular flexibility index (Phi) is 3.32. The maximum Gasteiger partial charge on any atom is 0.258 e. The van der Waals surface area contributed by atoms with Gasteiger partial charge < -0.3 is 5.73 Å². The molecule has 0 aromatic carbocycles. The zero-order valence-corrected chi connectivity index (χ0v) is 11.0. The van der Waals surface area contributed by atoms with E-state index >= 15 is 0 Å². The van der Waals surface area contributed by atoms with E-state index in [-0.39, 0.29) is 11.9 Å². The molecule has 5 nitrogen and oxygen atoms in total. The van der Waals surface area contributed by atoms with E-state index in [4.69, 9.17) is 5.73 Å². The number of carbonyl (C=O) groups excluding carboxylic acids is 1. The molecular weight excluding hydrogens is 228 g/mol. The van der Waals surface area contributed by atoms with Gasteiger partial charge in [0, 0.05) is 18.4 Å². The summed E-state index contributed by atoms with van der Waals surface area (Å²) in [6, 6.07) is 3.38. The molecule has 0 spiro atoms. The highest BCUT2D eigenvalue weighted by molar-refractivity contribution is 6.04. The normalized spacial score (nSPS) is 19.3. The first-order chi connectivity index (χ1) is 8.56. The predicted molar refractivity (Wildman–Crippen MR) is 70.1 cm³/mol. The van der Waals surface area contributed by atoms with E-state index < -0.39 is 6.04 Å². The monoisotopic (exact) mass is 246 g/mol. The van der Waals surface area contributed by atoms with Gasteiger partial charge in [-0.15, -0.1) is 0 Å². The van der Waals surface area contributed by atoms with Crippen LogP contribution in [0.4, 0.5) is 0 Å². The summed E-state index contributed by atoms with van der Waals surface area (Å²) in [5, 5.41) is 0. The fraction of sp³-hybridized carbons (Fsp3) is 0.462. The van der Waals surface area contributed by atoms with E-state index in [0.717, 1.165) is 29.8 Å². The van der Waals surface area contributed by atoms with Crippen molar-refractivity contribution in [2.24, 2.45) is 10.7 Å². The number of guanidine groups is 1. The van der Waals surface area contributed by atoms with Crippen molar-refractivity contribution in [3.8, 4) is 0 Å². The van der Waals surface area contributed by atoms with E-state index in [9.17, 15) is 4.79 Å². The minimum Gasteiger partial charge on any atom is -0.369 e. The molecular formula is C13H18N4O. The van der Waals surface area contributed by atoms with Crippen LogP contribution in [0.5, 0.6) is 0 Å². The Hall–Kier alpha value is -1.91. The molecule has 0 radical (unpaired) electrons. The lowest BCUT2D eigenvalue weighted by molar-refractivity contribution is -0.126. The second-order valence-electron chi connectivity index (χ2n) is 4.38. The molecule has 1 aromatic heterocycles. The smallest absolute Gasteiger partial charge is 0.258 e. The number of aryl methyl sites for hydroxylation is 2. The van der Waals surface area contributed by atoms with Crippen LogP contribution in [-0.2, 0) is 17.6 Å². The first-order valence-corrected chi connectivity index (χ1v) is 6.17. The molecule has 1 aliphatic rings. The molecule has 1 aromatic rings. The van der Waals surface area contributed by atoms with Crippen molar-refractivity contribution in [1.29, 1.82) is 0 Å². The number of nitrogens with two attached hydrogens (primary N) is 1. The Labute approximate surface area is 107 Å². The van der Waals surface area contributed by atoms with Gasteiger partial charge in [0.15, 0.2) is 12.0 Å². The number of rotatable bonds is 3. The molecule has 2 heterocycles. The Balaban J connectivity index is 2.42. The average Bonchev–Trinajstić information content (AvgIpc) is 2.65. The first-order valence-electron chi connectivity index (χ1n) is 6.17. The van der Waals surface area contributed by atoms with Crippen LogP contribution in [0.15, 0.2) is 17.1 Å². The summed E-state index contributed by atoms with van der Waals surface area (Å²) in [6.07, 6.45) is 1.69. The van der Waals surface area contributed by atoms with Gasteiger partial charge in [0.2, 0.25) is 0 Å². The van der Waals surface area contributed by atoms with Crippen molar-refractivity contribution >= 4 is 11.9 Å². The summed E-state index contributed by atoms with van der Waals surface area (Å²) in [4.78, 5) is 22.1. The average molecular weight is 246 g/mol. The number of pyridine rings is 1. The van der Waals surface area contributed by atoms with E-state index in [1.165, 1.54) is 4.90 Å². The molecule has 18 heavy (non-hydrogen) atoms. The molecule has 1 unspecified atom stereocenters. The SMILES string of the molecule is CCc1cc(C2N=C(N)N(C)C2=O)cc(CC)n1.